The molecule has 0 radical (unpaired) electrons. The summed E-state index contributed by atoms with van der Waals surface area (Å²) in [6.45, 7) is 6.04. The van der Waals surface area contributed by atoms with Crippen LogP contribution in [0.5, 0.6) is 0 Å². The van der Waals surface area contributed by atoms with Gasteiger partial charge in [-0.15, -0.1) is 0 Å². The van der Waals surface area contributed by atoms with E-state index in [0.717, 1.165) is 44.9 Å². The number of carboxylic acids is 1. The highest BCUT2D eigenvalue weighted by atomic mass is 16.5. The fraction of sp³-hybridized carbons (Fsp3) is 0.769. The van der Waals surface area contributed by atoms with Crippen molar-refractivity contribution in [3.63, 3.8) is 0 Å². The van der Waals surface area contributed by atoms with E-state index in [-0.39, 0.29) is 41.5 Å². The molecule has 3 saturated carbocycles. The van der Waals surface area contributed by atoms with Gasteiger partial charge in [-0.1, -0.05) is 19.4 Å². The van der Waals surface area contributed by atoms with Crippen molar-refractivity contribution < 1.29 is 29.0 Å². The van der Waals surface area contributed by atoms with Crippen LogP contribution in [-0.4, -0.2) is 40.9 Å². The first-order valence-electron chi connectivity index (χ1n) is 12.5. The fourth-order valence-electron chi connectivity index (χ4n) is 7.51. The van der Waals surface area contributed by atoms with E-state index in [1.54, 1.807) is 0 Å². The zero-order valence-electron chi connectivity index (χ0n) is 20.0. The van der Waals surface area contributed by atoms with Crippen LogP contribution in [0.3, 0.4) is 0 Å². The average Bonchev–Trinajstić information content (AvgIpc) is 3.09. The summed E-state index contributed by atoms with van der Waals surface area (Å²) in [4.78, 5) is 47.3. The number of ether oxygens (including phenoxy) is 1. The molecule has 0 aromatic rings. The lowest BCUT2D eigenvalue weighted by molar-refractivity contribution is -0.160. The molecule has 1 amide bonds. The molecule has 4 aliphatic carbocycles. The van der Waals surface area contributed by atoms with Crippen molar-refractivity contribution >= 4 is 23.6 Å². The van der Waals surface area contributed by atoms with Gasteiger partial charge in [0.15, 0.2) is 5.78 Å². The number of amides is 1. The first-order valence-corrected chi connectivity index (χ1v) is 12.5. The number of rotatable bonds is 6. The minimum atomic E-state index is -1.11. The molecule has 5 unspecified atom stereocenters. The number of ketones is 1. The van der Waals surface area contributed by atoms with Gasteiger partial charge in [-0.05, 0) is 81.1 Å². The van der Waals surface area contributed by atoms with Gasteiger partial charge in [-0.3, -0.25) is 19.2 Å². The molecule has 182 valence electrons. The molecule has 4 aliphatic rings. The number of aliphatic carboxylic acids is 1. The number of carbonyl (C=O) groups excluding carboxylic acids is 3. The van der Waals surface area contributed by atoms with Gasteiger partial charge in [0.25, 0.3) is 0 Å². The Morgan fingerprint density at radius 3 is 2.58 bits per heavy atom. The first-order chi connectivity index (χ1) is 15.5. The number of esters is 1. The van der Waals surface area contributed by atoms with Gasteiger partial charge in [0, 0.05) is 18.3 Å². The van der Waals surface area contributed by atoms with Crippen molar-refractivity contribution in [3.8, 4) is 0 Å². The lowest BCUT2D eigenvalue weighted by Gasteiger charge is -2.57. The fourth-order valence-corrected chi connectivity index (χ4v) is 7.51. The summed E-state index contributed by atoms with van der Waals surface area (Å²) < 4.78 is 5.92. The van der Waals surface area contributed by atoms with Gasteiger partial charge in [0.2, 0.25) is 5.91 Å². The van der Waals surface area contributed by atoms with Crippen molar-refractivity contribution in [3.05, 3.63) is 11.6 Å². The Bertz CT molecular complexity index is 880. The van der Waals surface area contributed by atoms with E-state index < -0.39 is 17.9 Å². The quantitative estimate of drug-likeness (QED) is 0.585. The normalized spacial score (nSPS) is 38.3. The monoisotopic (exact) mass is 459 g/mol. The highest BCUT2D eigenvalue weighted by Gasteiger charge is 2.59. The van der Waals surface area contributed by atoms with Gasteiger partial charge in [-0.2, -0.15) is 0 Å². The summed E-state index contributed by atoms with van der Waals surface area (Å²) in [5.74, 6) is 0.0526. The Labute approximate surface area is 195 Å². The molecule has 7 heteroatoms. The first kappa shape index (κ1) is 24.0. The van der Waals surface area contributed by atoms with Crippen LogP contribution < -0.4 is 5.32 Å². The summed E-state index contributed by atoms with van der Waals surface area (Å²) >= 11 is 0. The average molecular weight is 460 g/mol. The topological polar surface area (TPSA) is 110 Å². The minimum absolute atomic E-state index is 0.0400. The van der Waals surface area contributed by atoms with Gasteiger partial charge >= 0.3 is 11.9 Å². The molecule has 0 bridgehead atoms. The van der Waals surface area contributed by atoms with Crippen LogP contribution in [0.15, 0.2) is 11.6 Å². The van der Waals surface area contributed by atoms with Gasteiger partial charge in [-0.25, -0.2) is 0 Å². The standard InChI is InChI=1S/C26H37NO6/c1-15(24(31)32)27-22(29)8-9-23(30)33-21-7-6-19-18-5-4-16-14-17(28)10-12-25(16,2)20(18)11-13-26(19,21)3/h14-15,18-21H,4-13H2,1-3H3,(H,27,29)(H,31,32)/t15?,18?,19?,20?,21?,25-,26-/m0/s1. The van der Waals surface area contributed by atoms with Crippen molar-refractivity contribution in [1.29, 1.82) is 0 Å². The minimum Gasteiger partial charge on any atom is -0.480 e. The van der Waals surface area contributed by atoms with E-state index in [0.29, 0.717) is 24.2 Å². The highest BCUT2D eigenvalue weighted by molar-refractivity contribution is 5.91. The molecule has 0 spiro atoms. The molecule has 3 fully saturated rings. The summed E-state index contributed by atoms with van der Waals surface area (Å²) in [7, 11) is 0. The molecular weight excluding hydrogens is 422 g/mol. The zero-order chi connectivity index (χ0) is 24.0. The maximum Gasteiger partial charge on any atom is 0.325 e. The van der Waals surface area contributed by atoms with E-state index in [4.69, 9.17) is 9.84 Å². The van der Waals surface area contributed by atoms with Crippen molar-refractivity contribution in [2.45, 2.75) is 97.1 Å². The smallest absolute Gasteiger partial charge is 0.325 e. The number of allylic oxidation sites excluding steroid dienone is 1. The SMILES string of the molecule is CC(NC(=O)CCC(=O)OC1CCC2C3CCC4=CC(=O)CC[C@]4(C)C3CC[C@]12C)C(=O)O. The zero-order valence-corrected chi connectivity index (χ0v) is 20.0. The Morgan fingerprint density at radius 1 is 1.09 bits per heavy atom. The van der Waals surface area contributed by atoms with Crippen LogP contribution in [0.25, 0.3) is 0 Å². The second-order valence-corrected chi connectivity index (χ2v) is 11.2. The van der Waals surface area contributed by atoms with Crippen LogP contribution in [0.1, 0.15) is 85.0 Å². The maximum absolute atomic E-state index is 12.5. The van der Waals surface area contributed by atoms with Gasteiger partial charge < -0.3 is 15.2 Å². The number of carboxylic acid groups (broad SMARTS) is 1. The summed E-state index contributed by atoms with van der Waals surface area (Å²) in [6.07, 6.45) is 9.46. The molecule has 7 nitrogen and oxygen atoms in total. The van der Waals surface area contributed by atoms with Crippen molar-refractivity contribution in [1.82, 2.24) is 5.32 Å². The summed E-state index contributed by atoms with van der Waals surface area (Å²) in [6, 6.07) is -0.979. The van der Waals surface area contributed by atoms with Gasteiger partial charge in [0.05, 0.1) is 6.42 Å². The largest absolute Gasteiger partial charge is 0.480 e. The number of hydrogen-bond donors (Lipinski definition) is 2. The van der Waals surface area contributed by atoms with Crippen molar-refractivity contribution in [2.75, 3.05) is 0 Å². The third kappa shape index (κ3) is 4.35. The molecule has 0 heterocycles. The predicted molar refractivity (Wildman–Crippen MR) is 121 cm³/mol. The third-order valence-corrected chi connectivity index (χ3v) is 9.45. The summed E-state index contributed by atoms with van der Waals surface area (Å²) in [5, 5.41) is 11.3. The van der Waals surface area contributed by atoms with E-state index in [2.05, 4.69) is 19.2 Å². The van der Waals surface area contributed by atoms with Crippen molar-refractivity contribution in [2.24, 2.45) is 28.6 Å². The molecule has 0 aliphatic heterocycles. The third-order valence-electron chi connectivity index (χ3n) is 9.45. The van der Waals surface area contributed by atoms with E-state index in [1.165, 1.54) is 12.5 Å². The Hall–Kier alpha value is -2.18. The van der Waals surface area contributed by atoms with E-state index in [9.17, 15) is 19.2 Å². The number of hydrogen-bond acceptors (Lipinski definition) is 5. The van der Waals surface area contributed by atoms with Crippen LogP contribution in [0.2, 0.25) is 0 Å². The molecule has 2 N–H and O–H groups in total. The molecule has 7 atom stereocenters. The van der Waals surface area contributed by atoms with Gasteiger partial charge in [0.1, 0.15) is 12.1 Å². The Morgan fingerprint density at radius 2 is 1.85 bits per heavy atom. The number of fused-ring (bicyclic) bond motifs is 5. The maximum atomic E-state index is 12.5. The van der Waals surface area contributed by atoms with Crippen LogP contribution >= 0.6 is 0 Å². The molecular formula is C26H37NO6. The second kappa shape index (κ2) is 8.88. The van der Waals surface area contributed by atoms with Crippen LogP contribution in [-0.2, 0) is 23.9 Å². The van der Waals surface area contributed by atoms with Crippen LogP contribution in [0.4, 0.5) is 0 Å². The number of carbonyl (C=O) groups is 4. The second-order valence-electron chi connectivity index (χ2n) is 11.2. The molecule has 4 rings (SSSR count). The number of nitrogens with one attached hydrogen (secondary N) is 1. The van der Waals surface area contributed by atoms with Crippen LogP contribution in [0, 0.1) is 28.6 Å². The lowest BCUT2D eigenvalue weighted by atomic mass is 9.47. The molecule has 0 saturated heterocycles. The Kier molecular flexibility index (Phi) is 6.45. The molecule has 0 aromatic heterocycles. The Balaban J connectivity index is 1.37. The lowest BCUT2D eigenvalue weighted by Crippen LogP contribution is -2.51. The van der Waals surface area contributed by atoms with E-state index >= 15 is 0 Å². The highest BCUT2D eigenvalue weighted by Crippen LogP contribution is 2.65. The summed E-state index contributed by atoms with van der Waals surface area (Å²) in [5.41, 5.74) is 1.45. The molecule has 0 aromatic carbocycles. The predicted octanol–water partition coefficient (Wildman–Crippen LogP) is 3.80. The molecule has 33 heavy (non-hydrogen) atoms. The van der Waals surface area contributed by atoms with E-state index in [1.807, 2.05) is 6.08 Å².